The molecule has 1 heterocycles. The zero-order valence-electron chi connectivity index (χ0n) is 17.7. The first-order valence-corrected chi connectivity index (χ1v) is 13.3. The molecule has 0 bridgehead atoms. The number of rotatable bonds is 7. The van der Waals surface area contributed by atoms with Gasteiger partial charge in [-0.25, -0.2) is 12.8 Å². The Labute approximate surface area is 192 Å². The maximum absolute atomic E-state index is 13.5. The van der Waals surface area contributed by atoms with E-state index in [4.69, 9.17) is 0 Å². The zero-order valence-corrected chi connectivity index (χ0v) is 19.4. The van der Waals surface area contributed by atoms with Gasteiger partial charge in [-0.3, -0.25) is 4.72 Å². The normalized spacial score (nSPS) is 16.5. The molecule has 0 saturated carbocycles. The molecule has 0 unspecified atom stereocenters. The molecule has 0 radical (unpaired) electrons. The molecule has 1 atom stereocenters. The lowest BCUT2D eigenvalue weighted by atomic mass is 9.98. The monoisotopic (exact) mass is 487 g/mol. The summed E-state index contributed by atoms with van der Waals surface area (Å²) in [5.74, 6) is -0.546. The van der Waals surface area contributed by atoms with Gasteiger partial charge in [0, 0.05) is 12.0 Å². The summed E-state index contributed by atoms with van der Waals surface area (Å²) in [6.45, 7) is 1.52. The van der Waals surface area contributed by atoms with Gasteiger partial charge in [0.15, 0.2) is 0 Å². The highest BCUT2D eigenvalue weighted by Gasteiger charge is 2.38. The summed E-state index contributed by atoms with van der Waals surface area (Å²) in [6, 6.07) is 19.5. The van der Waals surface area contributed by atoms with Gasteiger partial charge < -0.3 is 0 Å². The van der Waals surface area contributed by atoms with E-state index in [1.807, 2.05) is 0 Å². The Morgan fingerprint density at radius 3 is 2.24 bits per heavy atom. The Morgan fingerprint density at radius 2 is 1.58 bits per heavy atom. The molecule has 7 nitrogen and oxygen atoms in total. The Morgan fingerprint density at radius 1 is 0.939 bits per heavy atom. The number of nitrogens with zero attached hydrogens (tertiary/aromatic N) is 2. The SMILES string of the molecule is CCS(=O)(=O)Nc1ccccc1C1=NN(S(=O)(=O)c2ccccc2)[C@@H](c2ccc(F)cc2)C1. The molecule has 10 heteroatoms. The highest BCUT2D eigenvalue weighted by Crippen LogP contribution is 2.38. The number of halogens is 1. The molecule has 0 amide bonds. The molecule has 0 aromatic heterocycles. The fourth-order valence-electron chi connectivity index (χ4n) is 3.57. The van der Waals surface area contributed by atoms with Gasteiger partial charge in [-0.1, -0.05) is 48.5 Å². The summed E-state index contributed by atoms with van der Waals surface area (Å²) in [5, 5.41) is 4.44. The standard InChI is InChI=1S/C23H22FN3O4S2/c1-2-32(28,29)26-21-11-7-6-10-20(21)22-16-23(17-12-14-18(24)15-13-17)27(25-22)33(30,31)19-8-4-3-5-9-19/h3-15,23,26H,2,16H2,1H3/t23-/m1/s1. The molecular formula is C23H22FN3O4S2. The van der Waals surface area contributed by atoms with E-state index in [9.17, 15) is 21.2 Å². The molecule has 33 heavy (non-hydrogen) atoms. The first kappa shape index (κ1) is 22.9. The first-order chi connectivity index (χ1) is 15.7. The maximum atomic E-state index is 13.5. The second-order valence-electron chi connectivity index (χ2n) is 7.46. The van der Waals surface area contributed by atoms with Crippen LogP contribution in [0.15, 0.2) is 88.9 Å². The van der Waals surface area contributed by atoms with Crippen LogP contribution >= 0.6 is 0 Å². The molecule has 0 aliphatic carbocycles. The molecule has 3 aromatic carbocycles. The zero-order chi connectivity index (χ0) is 23.6. The van der Waals surface area contributed by atoms with E-state index in [-0.39, 0.29) is 17.1 Å². The van der Waals surface area contributed by atoms with Gasteiger partial charge in [-0.05, 0) is 42.8 Å². The number of hydrogen-bond donors (Lipinski definition) is 1. The Bertz CT molecular complexity index is 1390. The van der Waals surface area contributed by atoms with Crippen LogP contribution in [-0.4, -0.2) is 32.7 Å². The van der Waals surface area contributed by atoms with Crippen molar-refractivity contribution in [2.45, 2.75) is 24.3 Å². The Kier molecular flexibility index (Phi) is 6.22. The molecule has 0 saturated heterocycles. The molecule has 4 rings (SSSR count). The van der Waals surface area contributed by atoms with Gasteiger partial charge in [0.2, 0.25) is 10.0 Å². The lowest BCUT2D eigenvalue weighted by Crippen LogP contribution is -2.27. The number of benzene rings is 3. The minimum absolute atomic E-state index is 0.0714. The summed E-state index contributed by atoms with van der Waals surface area (Å²) in [5.41, 5.74) is 1.77. The largest absolute Gasteiger partial charge is 0.283 e. The summed E-state index contributed by atoms with van der Waals surface area (Å²) in [6.07, 6.45) is 0.183. The van der Waals surface area contributed by atoms with Crippen LogP contribution in [-0.2, 0) is 20.0 Å². The van der Waals surface area contributed by atoms with E-state index >= 15 is 0 Å². The van der Waals surface area contributed by atoms with Crippen LogP contribution in [0.25, 0.3) is 0 Å². The van der Waals surface area contributed by atoms with Crippen LogP contribution in [0.1, 0.15) is 30.5 Å². The van der Waals surface area contributed by atoms with Crippen LogP contribution in [0.4, 0.5) is 10.1 Å². The van der Waals surface area contributed by atoms with Gasteiger partial charge in [0.05, 0.1) is 28.1 Å². The third kappa shape index (κ3) is 4.76. The van der Waals surface area contributed by atoms with Gasteiger partial charge in [0.1, 0.15) is 5.82 Å². The third-order valence-electron chi connectivity index (χ3n) is 5.30. The minimum atomic E-state index is -4.03. The van der Waals surface area contributed by atoms with Crippen molar-refractivity contribution in [1.82, 2.24) is 4.41 Å². The summed E-state index contributed by atoms with van der Waals surface area (Å²) < 4.78 is 68.3. The average molecular weight is 488 g/mol. The van der Waals surface area contributed by atoms with E-state index in [0.717, 1.165) is 4.41 Å². The van der Waals surface area contributed by atoms with Crippen molar-refractivity contribution in [2.75, 3.05) is 10.5 Å². The lowest BCUT2D eigenvalue weighted by Gasteiger charge is -2.23. The molecule has 3 aromatic rings. The molecule has 0 fully saturated rings. The maximum Gasteiger partial charge on any atom is 0.279 e. The average Bonchev–Trinajstić information content (AvgIpc) is 3.26. The van der Waals surface area contributed by atoms with Crippen molar-refractivity contribution < 1.29 is 21.2 Å². The van der Waals surface area contributed by atoms with Crippen molar-refractivity contribution in [3.8, 4) is 0 Å². The Hall–Kier alpha value is -3.24. The smallest absolute Gasteiger partial charge is 0.279 e. The first-order valence-electron chi connectivity index (χ1n) is 10.2. The van der Waals surface area contributed by atoms with Crippen LogP contribution < -0.4 is 4.72 Å². The fraction of sp³-hybridized carbons (Fsp3) is 0.174. The van der Waals surface area contributed by atoms with Crippen LogP contribution in [0.2, 0.25) is 0 Å². The van der Waals surface area contributed by atoms with E-state index < -0.39 is 31.9 Å². The highest BCUT2D eigenvalue weighted by molar-refractivity contribution is 7.92. The van der Waals surface area contributed by atoms with Gasteiger partial charge in [0.25, 0.3) is 10.0 Å². The molecule has 172 valence electrons. The number of para-hydroxylation sites is 1. The van der Waals surface area contributed by atoms with E-state index in [2.05, 4.69) is 9.82 Å². The molecular weight excluding hydrogens is 465 g/mol. The van der Waals surface area contributed by atoms with Crippen LogP contribution in [0.5, 0.6) is 0 Å². The summed E-state index contributed by atoms with van der Waals surface area (Å²) in [4.78, 5) is 0.0714. The number of anilines is 1. The lowest BCUT2D eigenvalue weighted by molar-refractivity contribution is 0.371. The topological polar surface area (TPSA) is 95.9 Å². The number of hydrazone groups is 1. The molecule has 1 N–H and O–H groups in total. The number of sulfonamides is 2. The van der Waals surface area contributed by atoms with Crippen LogP contribution in [0.3, 0.4) is 0 Å². The summed E-state index contributed by atoms with van der Waals surface area (Å²) >= 11 is 0. The molecule has 1 aliphatic rings. The van der Waals surface area contributed by atoms with Crippen molar-refractivity contribution in [3.05, 3.63) is 95.8 Å². The van der Waals surface area contributed by atoms with Crippen molar-refractivity contribution in [3.63, 3.8) is 0 Å². The predicted octanol–water partition coefficient (Wildman–Crippen LogP) is 4.13. The van der Waals surface area contributed by atoms with Gasteiger partial charge >= 0.3 is 0 Å². The van der Waals surface area contributed by atoms with Crippen molar-refractivity contribution >= 4 is 31.4 Å². The quantitative estimate of drug-likeness (QED) is 0.542. The van der Waals surface area contributed by atoms with Crippen molar-refractivity contribution in [1.29, 1.82) is 0 Å². The van der Waals surface area contributed by atoms with E-state index in [0.29, 0.717) is 22.5 Å². The number of nitrogens with one attached hydrogen (secondary N) is 1. The van der Waals surface area contributed by atoms with Crippen LogP contribution in [0, 0.1) is 5.82 Å². The van der Waals surface area contributed by atoms with E-state index in [1.54, 1.807) is 42.5 Å². The number of hydrogen-bond acceptors (Lipinski definition) is 5. The molecule has 0 spiro atoms. The fourth-order valence-corrected chi connectivity index (χ4v) is 5.68. The predicted molar refractivity (Wildman–Crippen MR) is 125 cm³/mol. The highest BCUT2D eigenvalue weighted by atomic mass is 32.2. The third-order valence-corrected chi connectivity index (χ3v) is 8.29. The Balaban J connectivity index is 1.82. The molecule has 1 aliphatic heterocycles. The summed E-state index contributed by atoms with van der Waals surface area (Å²) in [7, 11) is -7.58. The minimum Gasteiger partial charge on any atom is -0.283 e. The van der Waals surface area contributed by atoms with Crippen molar-refractivity contribution in [2.24, 2.45) is 5.10 Å². The van der Waals surface area contributed by atoms with Gasteiger partial charge in [-0.15, -0.1) is 0 Å². The second kappa shape index (κ2) is 8.95. The van der Waals surface area contributed by atoms with Gasteiger partial charge in [-0.2, -0.15) is 17.9 Å². The van der Waals surface area contributed by atoms with E-state index in [1.165, 1.54) is 43.3 Å². The second-order valence-corrected chi connectivity index (χ2v) is 11.3.